The van der Waals surface area contributed by atoms with Crippen molar-refractivity contribution >= 4 is 23.9 Å². The summed E-state index contributed by atoms with van der Waals surface area (Å²) in [4.78, 5) is 38.4. The fourth-order valence-electron chi connectivity index (χ4n) is 3.20. The average Bonchev–Trinajstić information content (AvgIpc) is 3.21. The number of benzene rings is 2. The highest BCUT2D eigenvalue weighted by atomic mass is 16.2. The van der Waals surface area contributed by atoms with Crippen LogP contribution in [0.3, 0.4) is 0 Å². The maximum absolute atomic E-state index is 12.8. The van der Waals surface area contributed by atoms with Crippen molar-refractivity contribution in [1.29, 1.82) is 0 Å². The number of nitrogens with zero attached hydrogens (tertiary/aromatic N) is 3. The van der Waals surface area contributed by atoms with Gasteiger partial charge >= 0.3 is 6.03 Å². The van der Waals surface area contributed by atoms with Gasteiger partial charge in [0.25, 0.3) is 11.8 Å². The molecule has 2 aromatic carbocycles. The molecule has 0 aliphatic carbocycles. The quantitative estimate of drug-likeness (QED) is 0.527. The number of carbonyl (C=O) groups is 3. The van der Waals surface area contributed by atoms with Gasteiger partial charge in [0.2, 0.25) is 0 Å². The standard InChI is InChI=1S/C23H20N4O3/c1-16-7-9-19(10-8-16)27-15-18(14-24-27)13-20-21(28)25-23(30)26(22(20)29)12-11-17-5-3-2-4-6-17/h2-10,13-15H,11-12H2,1H3,(H,25,28,30)/b20-13+. The van der Waals surface area contributed by atoms with Gasteiger partial charge in [0.05, 0.1) is 11.9 Å². The predicted octanol–water partition coefficient (Wildman–Crippen LogP) is 2.89. The van der Waals surface area contributed by atoms with E-state index in [0.717, 1.165) is 21.7 Å². The molecule has 150 valence electrons. The van der Waals surface area contributed by atoms with Gasteiger partial charge in [0, 0.05) is 18.3 Å². The maximum Gasteiger partial charge on any atom is 0.331 e. The van der Waals surface area contributed by atoms with Crippen molar-refractivity contribution in [2.24, 2.45) is 0 Å². The lowest BCUT2D eigenvalue weighted by molar-refractivity contribution is -0.130. The Labute approximate surface area is 173 Å². The number of nitrogens with one attached hydrogen (secondary N) is 1. The molecule has 1 saturated heterocycles. The van der Waals surface area contributed by atoms with Gasteiger partial charge < -0.3 is 0 Å². The first kappa shape index (κ1) is 19.3. The Morgan fingerprint density at radius 3 is 2.47 bits per heavy atom. The Morgan fingerprint density at radius 1 is 1.00 bits per heavy atom. The number of amides is 4. The molecule has 30 heavy (non-hydrogen) atoms. The van der Waals surface area contributed by atoms with Crippen molar-refractivity contribution in [2.45, 2.75) is 13.3 Å². The molecule has 0 bridgehead atoms. The molecule has 0 saturated carbocycles. The smallest absolute Gasteiger partial charge is 0.273 e. The van der Waals surface area contributed by atoms with Crippen LogP contribution >= 0.6 is 0 Å². The molecule has 0 spiro atoms. The zero-order valence-corrected chi connectivity index (χ0v) is 16.4. The Bertz CT molecular complexity index is 1130. The molecule has 1 aliphatic rings. The van der Waals surface area contributed by atoms with Gasteiger partial charge in [-0.2, -0.15) is 5.10 Å². The largest absolute Gasteiger partial charge is 0.331 e. The number of aromatic nitrogens is 2. The predicted molar refractivity (Wildman–Crippen MR) is 112 cm³/mol. The van der Waals surface area contributed by atoms with Crippen LogP contribution in [0.1, 0.15) is 16.7 Å². The monoisotopic (exact) mass is 400 g/mol. The fraction of sp³-hybridized carbons (Fsp3) is 0.130. The van der Waals surface area contributed by atoms with Gasteiger partial charge in [-0.05, 0) is 37.1 Å². The summed E-state index contributed by atoms with van der Waals surface area (Å²) in [6, 6.07) is 16.7. The average molecular weight is 400 g/mol. The van der Waals surface area contributed by atoms with E-state index >= 15 is 0 Å². The van der Waals surface area contributed by atoms with E-state index in [2.05, 4.69) is 10.4 Å². The van der Waals surface area contributed by atoms with Crippen molar-refractivity contribution in [3.05, 3.63) is 89.3 Å². The Kier molecular flexibility index (Phi) is 5.26. The SMILES string of the molecule is Cc1ccc(-n2cc(/C=C3\C(=O)NC(=O)N(CCc4ccccc4)C3=O)cn2)cc1. The highest BCUT2D eigenvalue weighted by Crippen LogP contribution is 2.16. The molecule has 1 aromatic heterocycles. The molecule has 1 N–H and O–H groups in total. The lowest BCUT2D eigenvalue weighted by Crippen LogP contribution is -2.54. The molecule has 1 fully saturated rings. The summed E-state index contributed by atoms with van der Waals surface area (Å²) in [5.74, 6) is -1.31. The molecule has 4 amide bonds. The number of rotatable bonds is 5. The Morgan fingerprint density at radius 2 is 1.73 bits per heavy atom. The van der Waals surface area contributed by atoms with Gasteiger partial charge in [-0.3, -0.25) is 19.8 Å². The summed E-state index contributed by atoms with van der Waals surface area (Å²) in [6.07, 6.45) is 5.26. The number of carbonyl (C=O) groups excluding carboxylic acids is 3. The van der Waals surface area contributed by atoms with Crippen molar-refractivity contribution in [2.75, 3.05) is 6.54 Å². The van der Waals surface area contributed by atoms with Crippen LogP contribution in [0.5, 0.6) is 0 Å². The minimum Gasteiger partial charge on any atom is -0.273 e. The normalized spacial score (nSPS) is 15.6. The third-order valence-corrected chi connectivity index (χ3v) is 4.86. The Hall–Kier alpha value is -4.00. The number of urea groups is 1. The van der Waals surface area contributed by atoms with E-state index in [9.17, 15) is 14.4 Å². The van der Waals surface area contributed by atoms with E-state index in [1.54, 1.807) is 17.1 Å². The maximum atomic E-state index is 12.8. The minimum atomic E-state index is -0.705. The lowest BCUT2D eigenvalue weighted by atomic mass is 10.1. The van der Waals surface area contributed by atoms with Gasteiger partial charge in [-0.1, -0.05) is 48.0 Å². The van der Waals surface area contributed by atoms with Crippen LogP contribution in [-0.2, 0) is 16.0 Å². The van der Waals surface area contributed by atoms with Crippen LogP contribution in [0.15, 0.2) is 72.6 Å². The first-order valence-corrected chi connectivity index (χ1v) is 9.56. The fourth-order valence-corrected chi connectivity index (χ4v) is 3.20. The molecule has 4 rings (SSSR count). The summed E-state index contributed by atoms with van der Waals surface area (Å²) in [5, 5.41) is 6.53. The van der Waals surface area contributed by atoms with Crippen molar-refractivity contribution in [1.82, 2.24) is 20.0 Å². The van der Waals surface area contributed by atoms with E-state index < -0.39 is 17.8 Å². The van der Waals surface area contributed by atoms with E-state index in [1.165, 1.54) is 6.08 Å². The summed E-state index contributed by atoms with van der Waals surface area (Å²) in [6.45, 7) is 2.18. The molecular formula is C23H20N4O3. The van der Waals surface area contributed by atoms with Crippen LogP contribution in [0.2, 0.25) is 0 Å². The molecule has 0 unspecified atom stereocenters. The van der Waals surface area contributed by atoms with Crippen molar-refractivity contribution < 1.29 is 14.4 Å². The van der Waals surface area contributed by atoms with Crippen LogP contribution in [0.4, 0.5) is 4.79 Å². The van der Waals surface area contributed by atoms with E-state index in [-0.39, 0.29) is 12.1 Å². The highest BCUT2D eigenvalue weighted by Gasteiger charge is 2.35. The third kappa shape index (κ3) is 4.05. The molecule has 0 atom stereocenters. The first-order valence-electron chi connectivity index (χ1n) is 9.56. The molecule has 2 heterocycles. The third-order valence-electron chi connectivity index (χ3n) is 4.86. The molecular weight excluding hydrogens is 380 g/mol. The second kappa shape index (κ2) is 8.16. The van der Waals surface area contributed by atoms with Crippen molar-refractivity contribution in [3.8, 4) is 5.69 Å². The van der Waals surface area contributed by atoms with Crippen LogP contribution in [0.25, 0.3) is 11.8 Å². The lowest BCUT2D eigenvalue weighted by Gasteiger charge is -2.26. The van der Waals surface area contributed by atoms with E-state index in [4.69, 9.17) is 0 Å². The van der Waals surface area contributed by atoms with Gasteiger partial charge in [0.1, 0.15) is 5.57 Å². The zero-order chi connectivity index (χ0) is 21.1. The second-order valence-corrected chi connectivity index (χ2v) is 7.06. The number of imide groups is 2. The molecule has 1 aliphatic heterocycles. The topological polar surface area (TPSA) is 84.3 Å². The van der Waals surface area contributed by atoms with Crippen LogP contribution in [0, 0.1) is 6.92 Å². The molecule has 7 nitrogen and oxygen atoms in total. The van der Waals surface area contributed by atoms with Crippen molar-refractivity contribution in [3.63, 3.8) is 0 Å². The minimum absolute atomic E-state index is 0.0916. The van der Waals surface area contributed by atoms with Gasteiger partial charge in [-0.15, -0.1) is 0 Å². The summed E-state index contributed by atoms with van der Waals surface area (Å²) >= 11 is 0. The molecule has 3 aromatic rings. The summed E-state index contributed by atoms with van der Waals surface area (Å²) in [5.41, 5.74) is 3.50. The number of hydrogen-bond acceptors (Lipinski definition) is 4. The highest BCUT2D eigenvalue weighted by molar-refractivity contribution is 6.31. The number of hydrogen-bond donors (Lipinski definition) is 1. The summed E-state index contributed by atoms with van der Waals surface area (Å²) in [7, 11) is 0. The Balaban J connectivity index is 1.54. The van der Waals surface area contributed by atoms with Crippen LogP contribution < -0.4 is 5.32 Å². The number of barbiturate groups is 1. The molecule has 0 radical (unpaired) electrons. The summed E-state index contributed by atoms with van der Waals surface area (Å²) < 4.78 is 1.66. The molecule has 7 heteroatoms. The van der Waals surface area contributed by atoms with E-state index in [0.29, 0.717) is 12.0 Å². The zero-order valence-electron chi connectivity index (χ0n) is 16.4. The second-order valence-electron chi connectivity index (χ2n) is 7.06. The van der Waals surface area contributed by atoms with Gasteiger partial charge in [-0.25, -0.2) is 9.48 Å². The number of aryl methyl sites for hydroxylation is 1. The van der Waals surface area contributed by atoms with Crippen LogP contribution in [-0.4, -0.2) is 39.1 Å². The first-order chi connectivity index (χ1) is 14.5. The van der Waals surface area contributed by atoms with Gasteiger partial charge in [0.15, 0.2) is 0 Å². The van der Waals surface area contributed by atoms with E-state index in [1.807, 2.05) is 61.5 Å².